The molecule has 4 unspecified atom stereocenters. The Hall–Kier alpha value is -1.61. The summed E-state index contributed by atoms with van der Waals surface area (Å²) in [4.78, 5) is 80.9. The number of nitrogens with two attached hydrogens (primary N) is 2. The molecule has 0 aliphatic rings. The number of nitrogens with zero attached hydrogens (tertiary/aromatic N) is 1. The van der Waals surface area contributed by atoms with Crippen LogP contribution in [0.15, 0.2) is 4.99 Å². The van der Waals surface area contributed by atoms with Crippen LogP contribution in [0.3, 0.4) is 0 Å². The molecule has 0 aromatic heterocycles. The molecule has 20 heteroatoms. The smallest absolute Gasteiger partial charge is 0.311 e. The summed E-state index contributed by atoms with van der Waals surface area (Å²) in [7, 11) is 3.63. The second kappa shape index (κ2) is 30.4. The third-order valence-electron chi connectivity index (χ3n) is 9.06. The van der Waals surface area contributed by atoms with E-state index in [9.17, 15) is 28.8 Å². The van der Waals surface area contributed by atoms with Gasteiger partial charge in [0.15, 0.2) is 5.96 Å². The van der Waals surface area contributed by atoms with Crippen molar-refractivity contribution in [2.24, 2.45) is 44.0 Å². The molecule has 0 bridgehead atoms. The fraction of sp³-hybridized carbons (Fsp3) is 0.821. The molecule has 4 atom stereocenters. The highest BCUT2D eigenvalue weighted by molar-refractivity contribution is 14.1. The van der Waals surface area contributed by atoms with E-state index in [1.54, 1.807) is 41.5 Å². The molecule has 0 radical (unpaired) electrons. The van der Waals surface area contributed by atoms with Crippen molar-refractivity contribution in [2.45, 2.75) is 67.2 Å². The molecule has 59 heavy (non-hydrogen) atoms. The summed E-state index contributed by atoms with van der Waals surface area (Å²) < 4.78 is 34.8. The van der Waals surface area contributed by atoms with E-state index < -0.39 is 51.4 Å². The minimum absolute atomic E-state index is 0.0430. The van der Waals surface area contributed by atoms with Crippen LogP contribution in [-0.2, 0) is 57.2 Å². The van der Waals surface area contributed by atoms with Gasteiger partial charge < -0.3 is 45.2 Å². The fourth-order valence-corrected chi connectivity index (χ4v) is 8.45. The number of aliphatic imine (C=N–C) groups is 1. The van der Waals surface area contributed by atoms with Crippen LogP contribution in [-0.4, -0.2) is 150 Å². The van der Waals surface area contributed by atoms with Gasteiger partial charge in [-0.2, -0.15) is 0 Å². The summed E-state index contributed by atoms with van der Waals surface area (Å²) in [6.07, 6.45) is 3.23. The molecular formula is C39H72IN4O12P3. The lowest BCUT2D eigenvalue weighted by Crippen LogP contribution is -2.47. The lowest BCUT2D eigenvalue weighted by atomic mass is 9.89. The van der Waals surface area contributed by atoms with Crippen molar-refractivity contribution in [3.05, 3.63) is 0 Å². The topological polar surface area (TPSA) is 234 Å². The Morgan fingerprint density at radius 1 is 0.746 bits per heavy atom. The zero-order valence-electron chi connectivity index (χ0n) is 36.5. The Bertz CT molecular complexity index is 1270. The maximum Gasteiger partial charge on any atom is 0.311 e. The predicted molar refractivity (Wildman–Crippen MR) is 246 cm³/mol. The van der Waals surface area contributed by atoms with Crippen molar-refractivity contribution in [3.63, 3.8) is 0 Å². The molecule has 0 aromatic rings. The van der Waals surface area contributed by atoms with Crippen molar-refractivity contribution in [1.29, 1.82) is 0 Å². The molecule has 0 saturated carbocycles. The Balaban J connectivity index is 5.33. The van der Waals surface area contributed by atoms with Crippen LogP contribution < -0.4 is 16.8 Å². The van der Waals surface area contributed by atoms with E-state index in [1.807, 2.05) is 35.9 Å². The molecule has 0 spiro atoms. The number of hydrogen-bond acceptors (Lipinski definition) is 13. The number of alkyl halides is 1. The van der Waals surface area contributed by atoms with Crippen LogP contribution in [0.1, 0.15) is 67.2 Å². The van der Waals surface area contributed by atoms with Gasteiger partial charge in [-0.3, -0.25) is 33.8 Å². The standard InChI is InChI=1S/C39H72IN4O12P3/c1-36(2,11-17-57)32(48)54-23-39(24-55-33(49)37(3,4)26-58-7,25-56-34(50)38(5,6)27-59-8)22-53-21-31(47)43-12-14-52-16-15-51-13-9-10-30(46)28(18-29(45)19-40)20-44-35(41)42/h28,58-59H,9-27,57H2,1-8H3,(H,43,47)(H4,41,42,44). The SMILES string of the molecule is CPCC(C)(C)C(=O)OCC(COCC(=O)NCCOCCOCCCC(=O)C(CN=C(N)N)CC(=O)CI)(COC(=O)C(C)(C)CCP)COC(=O)C(C)(C)CPC. The Morgan fingerprint density at radius 2 is 1.25 bits per heavy atom. The lowest BCUT2D eigenvalue weighted by molar-refractivity contribution is -0.178. The molecule has 16 nitrogen and oxygen atoms in total. The number of esters is 3. The van der Waals surface area contributed by atoms with E-state index in [0.717, 1.165) is 0 Å². The number of halogens is 1. The maximum absolute atomic E-state index is 13.2. The van der Waals surface area contributed by atoms with Crippen molar-refractivity contribution in [1.82, 2.24) is 5.32 Å². The van der Waals surface area contributed by atoms with E-state index in [-0.39, 0.29) is 96.3 Å². The number of carbonyl (C=O) groups is 6. The Morgan fingerprint density at radius 3 is 1.73 bits per heavy atom. The summed E-state index contributed by atoms with van der Waals surface area (Å²) in [5, 5.41) is 2.72. The largest absolute Gasteiger partial charge is 0.464 e. The number of ether oxygens (including phenoxy) is 6. The highest BCUT2D eigenvalue weighted by Crippen LogP contribution is 2.31. The highest BCUT2D eigenvalue weighted by Gasteiger charge is 2.41. The number of Topliss-reactive ketones (excluding diaryl/α,β-unsaturated/α-hetero) is 2. The van der Waals surface area contributed by atoms with Crippen LogP contribution in [0.2, 0.25) is 0 Å². The molecule has 0 saturated heterocycles. The number of ketones is 2. The monoisotopic (exact) mass is 1010 g/mol. The van der Waals surface area contributed by atoms with E-state index in [4.69, 9.17) is 39.9 Å². The first-order valence-corrected chi connectivity index (χ1v) is 25.5. The molecule has 0 rings (SSSR count). The number of nitrogens with one attached hydrogen (secondary N) is 1. The van der Waals surface area contributed by atoms with Gasteiger partial charge in [-0.15, -0.1) is 26.4 Å². The third-order valence-corrected chi connectivity index (χ3v) is 12.7. The summed E-state index contributed by atoms with van der Waals surface area (Å²) in [6.45, 7) is 14.6. The lowest BCUT2D eigenvalue weighted by Gasteiger charge is -2.35. The van der Waals surface area contributed by atoms with Gasteiger partial charge >= 0.3 is 17.9 Å². The average Bonchev–Trinajstić information content (AvgIpc) is 3.16. The second-order valence-corrected chi connectivity index (χ2v) is 19.9. The first-order valence-electron chi connectivity index (χ1n) is 19.8. The maximum atomic E-state index is 13.2. The van der Waals surface area contributed by atoms with Crippen LogP contribution in [0.5, 0.6) is 0 Å². The highest BCUT2D eigenvalue weighted by atomic mass is 127. The molecular weight excluding hydrogens is 936 g/mol. The minimum atomic E-state index is -1.31. The van der Waals surface area contributed by atoms with Crippen LogP contribution >= 0.6 is 49.0 Å². The normalized spacial score (nSPS) is 13.9. The molecule has 0 aliphatic carbocycles. The van der Waals surface area contributed by atoms with Crippen LogP contribution in [0, 0.1) is 27.6 Å². The quantitative estimate of drug-likeness (QED) is 0.0121. The van der Waals surface area contributed by atoms with Crippen molar-refractivity contribution in [3.8, 4) is 0 Å². The van der Waals surface area contributed by atoms with Gasteiger partial charge in [0, 0.05) is 31.9 Å². The first kappa shape index (κ1) is 57.4. The molecule has 5 N–H and O–H groups in total. The summed E-state index contributed by atoms with van der Waals surface area (Å²) in [6, 6.07) is 0. The van der Waals surface area contributed by atoms with E-state index in [1.165, 1.54) is 0 Å². The third kappa shape index (κ3) is 25.2. The van der Waals surface area contributed by atoms with Gasteiger partial charge in [0.25, 0.3) is 0 Å². The molecule has 0 aliphatic heterocycles. The van der Waals surface area contributed by atoms with Gasteiger partial charge in [-0.05, 0) is 86.2 Å². The van der Waals surface area contributed by atoms with Crippen LogP contribution in [0.25, 0.3) is 0 Å². The van der Waals surface area contributed by atoms with E-state index >= 15 is 0 Å². The predicted octanol–water partition coefficient (Wildman–Crippen LogP) is 3.36. The molecule has 342 valence electrons. The van der Waals surface area contributed by atoms with E-state index in [0.29, 0.717) is 59.5 Å². The zero-order valence-corrected chi connectivity index (χ0v) is 41.8. The molecule has 0 fully saturated rings. The summed E-state index contributed by atoms with van der Waals surface area (Å²) in [5.41, 5.74) is 7.11. The van der Waals surface area contributed by atoms with Crippen LogP contribution in [0.4, 0.5) is 0 Å². The molecule has 1 amide bonds. The van der Waals surface area contributed by atoms with Gasteiger partial charge in [0.2, 0.25) is 5.91 Å². The summed E-state index contributed by atoms with van der Waals surface area (Å²) >= 11 is 1.96. The first-order chi connectivity index (χ1) is 27.6. The number of rotatable bonds is 35. The number of carbonyl (C=O) groups excluding carboxylic acids is 6. The van der Waals surface area contributed by atoms with Gasteiger partial charge in [-0.25, -0.2) is 0 Å². The van der Waals surface area contributed by atoms with E-state index in [2.05, 4.69) is 19.5 Å². The number of guanidine groups is 1. The summed E-state index contributed by atoms with van der Waals surface area (Å²) in [5.74, 6) is -2.65. The van der Waals surface area contributed by atoms with Crippen molar-refractivity contribution in [2.75, 3.05) is 109 Å². The Labute approximate surface area is 371 Å². The van der Waals surface area contributed by atoms with Crippen molar-refractivity contribution >= 4 is 90.3 Å². The zero-order chi connectivity index (χ0) is 45.1. The van der Waals surface area contributed by atoms with Crippen molar-refractivity contribution < 1.29 is 57.2 Å². The Kier molecular flexibility index (Phi) is 29.6. The molecule has 0 aromatic carbocycles. The average molecular weight is 1010 g/mol. The fourth-order valence-electron chi connectivity index (χ4n) is 5.36. The minimum Gasteiger partial charge on any atom is -0.464 e. The van der Waals surface area contributed by atoms with Gasteiger partial charge in [0.05, 0.1) is 59.1 Å². The molecule has 0 heterocycles. The second-order valence-electron chi connectivity index (χ2n) is 16.5. The number of amides is 1. The van der Waals surface area contributed by atoms with Gasteiger partial charge in [0.1, 0.15) is 38.0 Å². The number of hydrogen-bond donors (Lipinski definition) is 3. The van der Waals surface area contributed by atoms with Gasteiger partial charge in [-0.1, -0.05) is 22.6 Å².